The van der Waals surface area contributed by atoms with E-state index in [1.807, 2.05) is 19.1 Å². The van der Waals surface area contributed by atoms with Crippen molar-refractivity contribution in [2.75, 3.05) is 0 Å². The fourth-order valence-corrected chi connectivity index (χ4v) is 1.83. The van der Waals surface area contributed by atoms with Gasteiger partial charge in [-0.05, 0) is 35.7 Å². The fraction of sp³-hybridized carbons (Fsp3) is 0.333. The van der Waals surface area contributed by atoms with Crippen LogP contribution >= 0.6 is 15.9 Å². The minimum Gasteiger partial charge on any atom is -0.392 e. The molecule has 0 spiro atoms. The molecule has 0 aromatic heterocycles. The first-order valence-electron chi connectivity index (χ1n) is 3.68. The number of aliphatic hydroxyl groups excluding tert-OH is 2. The summed E-state index contributed by atoms with van der Waals surface area (Å²) in [5.74, 6) is 0. The minimum atomic E-state index is -0.0316. The molecule has 0 bridgehead atoms. The van der Waals surface area contributed by atoms with E-state index in [4.69, 9.17) is 10.2 Å². The molecular weight excluding hydrogens is 220 g/mol. The quantitative estimate of drug-likeness (QED) is 0.813. The van der Waals surface area contributed by atoms with Gasteiger partial charge in [-0.15, -0.1) is 0 Å². The topological polar surface area (TPSA) is 40.5 Å². The second kappa shape index (κ2) is 4.03. The van der Waals surface area contributed by atoms with Gasteiger partial charge >= 0.3 is 0 Å². The second-order valence-corrected chi connectivity index (χ2v) is 3.59. The molecule has 66 valence electrons. The predicted molar refractivity (Wildman–Crippen MR) is 50.7 cm³/mol. The van der Waals surface area contributed by atoms with E-state index in [-0.39, 0.29) is 13.2 Å². The van der Waals surface area contributed by atoms with Crippen molar-refractivity contribution in [2.24, 2.45) is 0 Å². The maximum Gasteiger partial charge on any atom is 0.0687 e. The average molecular weight is 231 g/mol. The minimum absolute atomic E-state index is 0.0188. The van der Waals surface area contributed by atoms with Crippen molar-refractivity contribution in [2.45, 2.75) is 20.1 Å². The molecule has 2 nitrogen and oxygen atoms in total. The number of hydrogen-bond acceptors (Lipinski definition) is 2. The highest BCUT2D eigenvalue weighted by Gasteiger charge is 2.04. The number of hydrogen-bond donors (Lipinski definition) is 2. The van der Waals surface area contributed by atoms with Crippen LogP contribution in [-0.2, 0) is 13.2 Å². The van der Waals surface area contributed by atoms with Gasteiger partial charge < -0.3 is 10.2 Å². The molecule has 3 heteroatoms. The predicted octanol–water partition coefficient (Wildman–Crippen LogP) is 1.74. The first kappa shape index (κ1) is 9.71. The van der Waals surface area contributed by atoms with Crippen molar-refractivity contribution in [3.63, 3.8) is 0 Å². The fourth-order valence-electron chi connectivity index (χ4n) is 1.21. The highest BCUT2D eigenvalue weighted by Crippen LogP contribution is 2.21. The van der Waals surface area contributed by atoms with Crippen molar-refractivity contribution in [3.8, 4) is 0 Å². The van der Waals surface area contributed by atoms with E-state index in [1.165, 1.54) is 0 Å². The van der Waals surface area contributed by atoms with Crippen LogP contribution < -0.4 is 0 Å². The zero-order valence-electron chi connectivity index (χ0n) is 6.84. The smallest absolute Gasteiger partial charge is 0.0687 e. The Morgan fingerprint density at radius 3 is 2.42 bits per heavy atom. The third-order valence-corrected chi connectivity index (χ3v) is 2.32. The zero-order chi connectivity index (χ0) is 9.14. The Balaban J connectivity index is 3.24. The van der Waals surface area contributed by atoms with Gasteiger partial charge in [0.25, 0.3) is 0 Å². The van der Waals surface area contributed by atoms with Crippen molar-refractivity contribution in [1.29, 1.82) is 0 Å². The number of aryl methyl sites for hydroxylation is 1. The van der Waals surface area contributed by atoms with E-state index in [2.05, 4.69) is 15.9 Å². The number of benzene rings is 1. The summed E-state index contributed by atoms with van der Waals surface area (Å²) in [6.07, 6.45) is 0. The molecule has 0 amide bonds. The summed E-state index contributed by atoms with van der Waals surface area (Å²) in [7, 11) is 0. The maximum absolute atomic E-state index is 8.99. The zero-order valence-corrected chi connectivity index (χ0v) is 8.43. The lowest BCUT2D eigenvalue weighted by Crippen LogP contribution is -1.97. The summed E-state index contributed by atoms with van der Waals surface area (Å²) in [4.78, 5) is 0. The van der Waals surface area contributed by atoms with Crippen molar-refractivity contribution in [1.82, 2.24) is 0 Å². The molecule has 1 aromatic carbocycles. The summed E-state index contributed by atoms with van der Waals surface area (Å²) >= 11 is 3.32. The standard InChI is InChI=1S/C9H11BrO2/c1-6-2-8(10)3-7(4-11)9(6)5-12/h2-3,11-12H,4-5H2,1H3. The van der Waals surface area contributed by atoms with E-state index in [0.717, 1.165) is 21.2 Å². The third kappa shape index (κ3) is 1.86. The van der Waals surface area contributed by atoms with Crippen molar-refractivity contribution < 1.29 is 10.2 Å². The van der Waals surface area contributed by atoms with Crippen molar-refractivity contribution in [3.05, 3.63) is 33.3 Å². The van der Waals surface area contributed by atoms with Gasteiger partial charge in [0, 0.05) is 4.47 Å². The molecule has 0 atom stereocenters. The number of rotatable bonds is 2. The molecule has 0 aliphatic rings. The van der Waals surface area contributed by atoms with Crippen LogP contribution in [0, 0.1) is 6.92 Å². The first-order valence-corrected chi connectivity index (χ1v) is 4.48. The average Bonchev–Trinajstić information content (AvgIpc) is 2.03. The molecule has 0 fully saturated rings. The highest BCUT2D eigenvalue weighted by molar-refractivity contribution is 9.10. The van der Waals surface area contributed by atoms with Gasteiger partial charge in [0.1, 0.15) is 0 Å². The molecule has 0 saturated heterocycles. The van der Waals surface area contributed by atoms with Gasteiger partial charge in [-0.3, -0.25) is 0 Å². The normalized spacial score (nSPS) is 10.3. The molecule has 0 saturated carbocycles. The monoisotopic (exact) mass is 230 g/mol. The molecular formula is C9H11BrO2. The van der Waals surface area contributed by atoms with Crippen LogP contribution in [0.5, 0.6) is 0 Å². The van der Waals surface area contributed by atoms with Gasteiger partial charge in [0.15, 0.2) is 0 Å². The Bertz CT molecular complexity index is 284. The molecule has 0 aliphatic heterocycles. The van der Waals surface area contributed by atoms with Crippen LogP contribution in [0.2, 0.25) is 0 Å². The Kier molecular flexibility index (Phi) is 3.26. The molecule has 12 heavy (non-hydrogen) atoms. The van der Waals surface area contributed by atoms with Crippen LogP contribution in [0.25, 0.3) is 0 Å². The lowest BCUT2D eigenvalue weighted by atomic mass is 10.0. The summed E-state index contributed by atoms with van der Waals surface area (Å²) < 4.78 is 0.932. The Hall–Kier alpha value is -0.380. The molecule has 0 radical (unpaired) electrons. The molecule has 1 aromatic rings. The van der Waals surface area contributed by atoms with Crippen LogP contribution in [0.3, 0.4) is 0 Å². The summed E-state index contributed by atoms with van der Waals surface area (Å²) in [5.41, 5.74) is 2.60. The van der Waals surface area contributed by atoms with Crippen LogP contribution in [0.1, 0.15) is 16.7 Å². The maximum atomic E-state index is 8.99. The molecule has 0 heterocycles. The SMILES string of the molecule is Cc1cc(Br)cc(CO)c1CO. The third-order valence-electron chi connectivity index (χ3n) is 1.86. The summed E-state index contributed by atoms with van der Waals surface area (Å²) in [5, 5.41) is 18.0. The molecule has 1 rings (SSSR count). The van der Waals surface area contributed by atoms with Gasteiger partial charge in [-0.2, -0.15) is 0 Å². The number of aliphatic hydroxyl groups is 2. The Morgan fingerprint density at radius 1 is 1.25 bits per heavy atom. The summed E-state index contributed by atoms with van der Waals surface area (Å²) in [6, 6.07) is 3.74. The van der Waals surface area contributed by atoms with Crippen LogP contribution in [0.4, 0.5) is 0 Å². The summed E-state index contributed by atoms with van der Waals surface area (Å²) in [6.45, 7) is 1.86. The van der Waals surface area contributed by atoms with Gasteiger partial charge in [0.2, 0.25) is 0 Å². The molecule has 2 N–H and O–H groups in total. The highest BCUT2D eigenvalue weighted by atomic mass is 79.9. The van der Waals surface area contributed by atoms with E-state index in [0.29, 0.717) is 0 Å². The van der Waals surface area contributed by atoms with Crippen LogP contribution in [-0.4, -0.2) is 10.2 Å². The van der Waals surface area contributed by atoms with E-state index in [9.17, 15) is 0 Å². The van der Waals surface area contributed by atoms with Crippen molar-refractivity contribution >= 4 is 15.9 Å². The second-order valence-electron chi connectivity index (χ2n) is 2.68. The molecule has 0 unspecified atom stereocenters. The lowest BCUT2D eigenvalue weighted by molar-refractivity contribution is 0.259. The largest absolute Gasteiger partial charge is 0.392 e. The lowest BCUT2D eigenvalue weighted by Gasteiger charge is -2.08. The number of halogens is 1. The molecule has 0 aliphatic carbocycles. The van der Waals surface area contributed by atoms with E-state index in [1.54, 1.807) is 0 Å². The Labute approximate surface area is 80.0 Å². The van der Waals surface area contributed by atoms with Gasteiger partial charge in [-0.1, -0.05) is 15.9 Å². The first-order chi connectivity index (χ1) is 5.69. The van der Waals surface area contributed by atoms with Gasteiger partial charge in [-0.25, -0.2) is 0 Å². The van der Waals surface area contributed by atoms with Gasteiger partial charge in [0.05, 0.1) is 13.2 Å². The van der Waals surface area contributed by atoms with E-state index < -0.39 is 0 Å². The van der Waals surface area contributed by atoms with E-state index >= 15 is 0 Å². The Morgan fingerprint density at radius 2 is 1.92 bits per heavy atom. The van der Waals surface area contributed by atoms with Crippen LogP contribution in [0.15, 0.2) is 16.6 Å².